The molecule has 0 bridgehead atoms. The molecule has 2 heteroatoms. The largest absolute Gasteiger partial charge is 0.492 e. The van der Waals surface area contributed by atoms with Crippen LogP contribution < -0.4 is 10.1 Å². The van der Waals surface area contributed by atoms with Crippen molar-refractivity contribution in [1.29, 1.82) is 0 Å². The van der Waals surface area contributed by atoms with Gasteiger partial charge in [0.05, 0.1) is 0 Å². The average Bonchev–Trinajstić information content (AvgIpc) is 2.40. The maximum Gasteiger partial charge on any atom is 0.119 e. The highest BCUT2D eigenvalue weighted by molar-refractivity contribution is 5.68. The molecule has 2 aromatic rings. The summed E-state index contributed by atoms with van der Waals surface area (Å²) in [5.41, 5.74) is 3.75. The highest BCUT2D eigenvalue weighted by Crippen LogP contribution is 2.26. The Labute approximate surface area is 109 Å². The van der Waals surface area contributed by atoms with Gasteiger partial charge in [0.2, 0.25) is 0 Å². The fraction of sp³-hybridized carbons (Fsp3) is 0.250. The summed E-state index contributed by atoms with van der Waals surface area (Å²) in [4.78, 5) is 0. The second kappa shape index (κ2) is 6.22. The van der Waals surface area contributed by atoms with E-state index in [-0.39, 0.29) is 0 Å². The Morgan fingerprint density at radius 1 is 1.06 bits per heavy atom. The van der Waals surface area contributed by atoms with Gasteiger partial charge in [-0.3, -0.25) is 0 Å². The van der Waals surface area contributed by atoms with Crippen LogP contribution in [0.2, 0.25) is 0 Å². The Kier molecular flexibility index (Phi) is 4.37. The molecule has 0 aliphatic rings. The van der Waals surface area contributed by atoms with Crippen LogP contribution in [0.1, 0.15) is 5.56 Å². The van der Waals surface area contributed by atoms with E-state index in [2.05, 4.69) is 48.6 Å². The Bertz CT molecular complexity index is 508. The zero-order valence-electron chi connectivity index (χ0n) is 10.9. The topological polar surface area (TPSA) is 21.3 Å². The highest BCUT2D eigenvalue weighted by atomic mass is 16.5. The van der Waals surface area contributed by atoms with E-state index in [4.69, 9.17) is 4.74 Å². The molecule has 0 heterocycles. The van der Waals surface area contributed by atoms with E-state index in [9.17, 15) is 0 Å². The summed E-state index contributed by atoms with van der Waals surface area (Å²) < 4.78 is 5.69. The van der Waals surface area contributed by atoms with Gasteiger partial charge < -0.3 is 10.1 Å². The van der Waals surface area contributed by atoms with Gasteiger partial charge >= 0.3 is 0 Å². The number of hydrogen-bond acceptors (Lipinski definition) is 2. The SMILES string of the molecule is CNCCOc1cccc(-c2ccccc2C)c1. The molecule has 0 aliphatic heterocycles. The molecule has 0 aromatic heterocycles. The minimum atomic E-state index is 0.688. The van der Waals surface area contributed by atoms with Crippen LogP contribution in [0.25, 0.3) is 11.1 Å². The van der Waals surface area contributed by atoms with Gasteiger partial charge in [0.15, 0.2) is 0 Å². The Morgan fingerprint density at radius 2 is 1.89 bits per heavy atom. The van der Waals surface area contributed by atoms with Crippen molar-refractivity contribution in [3.8, 4) is 16.9 Å². The standard InChI is InChI=1S/C16H19NO/c1-13-6-3-4-9-16(13)14-7-5-8-15(12-14)18-11-10-17-2/h3-9,12,17H,10-11H2,1-2H3. The van der Waals surface area contributed by atoms with Crippen molar-refractivity contribution in [3.05, 3.63) is 54.1 Å². The van der Waals surface area contributed by atoms with Crippen molar-refractivity contribution >= 4 is 0 Å². The number of aryl methyl sites for hydroxylation is 1. The molecule has 0 spiro atoms. The van der Waals surface area contributed by atoms with Gasteiger partial charge in [0.25, 0.3) is 0 Å². The monoisotopic (exact) mass is 241 g/mol. The van der Waals surface area contributed by atoms with E-state index in [0.29, 0.717) is 6.61 Å². The average molecular weight is 241 g/mol. The summed E-state index contributed by atoms with van der Waals surface area (Å²) in [6.07, 6.45) is 0. The maximum atomic E-state index is 5.69. The van der Waals surface area contributed by atoms with Crippen molar-refractivity contribution in [3.63, 3.8) is 0 Å². The number of hydrogen-bond donors (Lipinski definition) is 1. The van der Waals surface area contributed by atoms with Crippen molar-refractivity contribution in [1.82, 2.24) is 5.32 Å². The molecule has 2 rings (SSSR count). The van der Waals surface area contributed by atoms with Crippen LogP contribution >= 0.6 is 0 Å². The minimum Gasteiger partial charge on any atom is -0.492 e. The quantitative estimate of drug-likeness (QED) is 0.811. The summed E-state index contributed by atoms with van der Waals surface area (Å²) in [7, 11) is 1.92. The summed E-state index contributed by atoms with van der Waals surface area (Å²) in [6, 6.07) is 16.6. The number of nitrogens with one attached hydrogen (secondary N) is 1. The molecule has 94 valence electrons. The zero-order chi connectivity index (χ0) is 12.8. The highest BCUT2D eigenvalue weighted by Gasteiger charge is 2.02. The summed E-state index contributed by atoms with van der Waals surface area (Å²) >= 11 is 0. The van der Waals surface area contributed by atoms with Gasteiger partial charge in [-0.25, -0.2) is 0 Å². The number of benzene rings is 2. The lowest BCUT2D eigenvalue weighted by Gasteiger charge is -2.09. The van der Waals surface area contributed by atoms with Gasteiger partial charge in [-0.1, -0.05) is 36.4 Å². The normalized spacial score (nSPS) is 10.3. The van der Waals surface area contributed by atoms with Gasteiger partial charge in [0.1, 0.15) is 12.4 Å². The summed E-state index contributed by atoms with van der Waals surface area (Å²) in [5, 5.41) is 3.07. The fourth-order valence-corrected chi connectivity index (χ4v) is 1.92. The van der Waals surface area contributed by atoms with Crippen LogP contribution in [0.4, 0.5) is 0 Å². The van der Waals surface area contributed by atoms with Crippen molar-refractivity contribution in [2.45, 2.75) is 6.92 Å². The van der Waals surface area contributed by atoms with E-state index >= 15 is 0 Å². The van der Waals surface area contributed by atoms with E-state index in [0.717, 1.165) is 12.3 Å². The third-order valence-corrected chi connectivity index (χ3v) is 2.91. The predicted molar refractivity (Wildman–Crippen MR) is 76.0 cm³/mol. The molecule has 0 aliphatic carbocycles. The second-order valence-electron chi connectivity index (χ2n) is 4.29. The van der Waals surface area contributed by atoms with Crippen LogP contribution in [-0.4, -0.2) is 20.2 Å². The third kappa shape index (κ3) is 3.11. The minimum absolute atomic E-state index is 0.688. The Morgan fingerprint density at radius 3 is 2.67 bits per heavy atom. The molecule has 2 aromatic carbocycles. The predicted octanol–water partition coefficient (Wildman–Crippen LogP) is 3.26. The van der Waals surface area contributed by atoms with Crippen molar-refractivity contribution < 1.29 is 4.74 Å². The van der Waals surface area contributed by atoms with Crippen molar-refractivity contribution in [2.75, 3.05) is 20.2 Å². The molecule has 0 saturated carbocycles. The first-order valence-corrected chi connectivity index (χ1v) is 6.25. The molecule has 0 atom stereocenters. The molecular formula is C16H19NO. The van der Waals surface area contributed by atoms with Crippen LogP contribution in [0.15, 0.2) is 48.5 Å². The molecule has 2 nitrogen and oxygen atoms in total. The molecule has 0 saturated heterocycles. The smallest absolute Gasteiger partial charge is 0.119 e. The van der Waals surface area contributed by atoms with Crippen LogP contribution in [-0.2, 0) is 0 Å². The molecule has 1 N–H and O–H groups in total. The number of ether oxygens (including phenoxy) is 1. The lowest BCUT2D eigenvalue weighted by Crippen LogP contribution is -2.15. The van der Waals surface area contributed by atoms with Gasteiger partial charge in [0, 0.05) is 6.54 Å². The van der Waals surface area contributed by atoms with E-state index in [1.54, 1.807) is 0 Å². The number of likely N-dealkylation sites (N-methyl/N-ethyl adjacent to an activating group) is 1. The van der Waals surface area contributed by atoms with Crippen molar-refractivity contribution in [2.24, 2.45) is 0 Å². The van der Waals surface area contributed by atoms with Crippen LogP contribution in [0, 0.1) is 6.92 Å². The van der Waals surface area contributed by atoms with Crippen LogP contribution in [0.3, 0.4) is 0 Å². The molecule has 0 unspecified atom stereocenters. The first-order chi connectivity index (χ1) is 8.81. The molecule has 0 amide bonds. The first kappa shape index (κ1) is 12.7. The Hall–Kier alpha value is -1.80. The molecule has 0 radical (unpaired) electrons. The zero-order valence-corrected chi connectivity index (χ0v) is 10.9. The fourth-order valence-electron chi connectivity index (χ4n) is 1.92. The first-order valence-electron chi connectivity index (χ1n) is 6.25. The number of rotatable bonds is 5. The van der Waals surface area contributed by atoms with Gasteiger partial charge in [-0.2, -0.15) is 0 Å². The van der Waals surface area contributed by atoms with Gasteiger partial charge in [-0.15, -0.1) is 0 Å². The Balaban J connectivity index is 2.19. The summed E-state index contributed by atoms with van der Waals surface area (Å²) in [6.45, 7) is 3.67. The second-order valence-corrected chi connectivity index (χ2v) is 4.29. The molecular weight excluding hydrogens is 222 g/mol. The lowest BCUT2D eigenvalue weighted by molar-refractivity contribution is 0.318. The molecule has 0 fully saturated rings. The van der Waals surface area contributed by atoms with Crippen LogP contribution in [0.5, 0.6) is 5.75 Å². The van der Waals surface area contributed by atoms with Gasteiger partial charge in [-0.05, 0) is 42.8 Å². The van der Waals surface area contributed by atoms with E-state index < -0.39 is 0 Å². The third-order valence-electron chi connectivity index (χ3n) is 2.91. The summed E-state index contributed by atoms with van der Waals surface area (Å²) in [5.74, 6) is 0.922. The van der Waals surface area contributed by atoms with E-state index in [1.807, 2.05) is 19.2 Å². The maximum absolute atomic E-state index is 5.69. The molecule has 18 heavy (non-hydrogen) atoms. The van der Waals surface area contributed by atoms with E-state index in [1.165, 1.54) is 16.7 Å². The lowest BCUT2D eigenvalue weighted by atomic mass is 10.0.